The van der Waals surface area contributed by atoms with E-state index in [4.69, 9.17) is 11.6 Å². The van der Waals surface area contributed by atoms with Crippen molar-refractivity contribution in [3.8, 4) is 11.3 Å². The number of rotatable bonds is 5. The van der Waals surface area contributed by atoms with Gasteiger partial charge < -0.3 is 10.0 Å². The fourth-order valence-corrected chi connectivity index (χ4v) is 3.17. The fraction of sp³-hybridized carbons (Fsp3) is 0.0952. The van der Waals surface area contributed by atoms with Crippen LogP contribution in [-0.2, 0) is 6.54 Å². The predicted octanol–water partition coefficient (Wildman–Crippen LogP) is 4.38. The van der Waals surface area contributed by atoms with Gasteiger partial charge in [0.25, 0.3) is 0 Å². The van der Waals surface area contributed by atoms with E-state index in [0.717, 1.165) is 22.6 Å². The molecule has 0 aliphatic rings. The molecule has 2 heterocycles. The van der Waals surface area contributed by atoms with Crippen LogP contribution in [0.2, 0.25) is 5.02 Å². The van der Waals surface area contributed by atoms with Crippen LogP contribution in [0.1, 0.15) is 16.1 Å². The summed E-state index contributed by atoms with van der Waals surface area (Å²) in [5.41, 5.74) is 3.17. The van der Waals surface area contributed by atoms with Crippen molar-refractivity contribution < 1.29 is 9.90 Å². The van der Waals surface area contributed by atoms with E-state index in [1.807, 2.05) is 60.5 Å². The van der Waals surface area contributed by atoms with Crippen molar-refractivity contribution in [2.75, 3.05) is 11.9 Å². The molecule has 0 spiro atoms. The summed E-state index contributed by atoms with van der Waals surface area (Å²) in [7, 11) is 1.94. The first kappa shape index (κ1) is 18.0. The Morgan fingerprint density at radius 1 is 1.11 bits per heavy atom. The molecular weight excluding hydrogens is 376 g/mol. The number of benzene rings is 2. The molecule has 0 amide bonds. The number of aromatic nitrogens is 3. The molecule has 6 nitrogen and oxygen atoms in total. The average molecular weight is 393 g/mol. The van der Waals surface area contributed by atoms with Gasteiger partial charge in [0, 0.05) is 36.3 Å². The van der Waals surface area contributed by atoms with E-state index in [2.05, 4.69) is 10.1 Å². The maximum atomic E-state index is 11.4. The smallest absolute Gasteiger partial charge is 0.356 e. The number of hydrogen-bond acceptors (Lipinski definition) is 4. The van der Waals surface area contributed by atoms with Crippen molar-refractivity contribution in [1.29, 1.82) is 0 Å². The third-order valence-electron chi connectivity index (χ3n) is 4.42. The monoisotopic (exact) mass is 392 g/mol. The fourth-order valence-electron chi connectivity index (χ4n) is 3.04. The van der Waals surface area contributed by atoms with Gasteiger partial charge in [0.2, 0.25) is 0 Å². The average Bonchev–Trinajstić information content (AvgIpc) is 3.13. The Labute approximate surface area is 166 Å². The molecule has 0 unspecified atom stereocenters. The van der Waals surface area contributed by atoms with Gasteiger partial charge in [-0.15, -0.1) is 0 Å². The zero-order valence-corrected chi connectivity index (χ0v) is 15.8. The summed E-state index contributed by atoms with van der Waals surface area (Å²) in [6, 6.07) is 20.8. The Kier molecular flexibility index (Phi) is 4.71. The van der Waals surface area contributed by atoms with Crippen molar-refractivity contribution in [1.82, 2.24) is 14.6 Å². The van der Waals surface area contributed by atoms with Crippen LogP contribution in [0.5, 0.6) is 0 Å². The normalized spacial score (nSPS) is 10.9. The highest BCUT2D eigenvalue weighted by molar-refractivity contribution is 6.30. The zero-order valence-electron chi connectivity index (χ0n) is 15.1. The van der Waals surface area contributed by atoms with Gasteiger partial charge >= 0.3 is 5.97 Å². The zero-order chi connectivity index (χ0) is 19.7. The third-order valence-corrected chi connectivity index (χ3v) is 4.67. The van der Waals surface area contributed by atoms with Gasteiger partial charge in [-0.25, -0.2) is 9.78 Å². The molecule has 28 heavy (non-hydrogen) atoms. The number of aromatic carboxylic acids is 1. The number of halogens is 1. The maximum Gasteiger partial charge on any atom is 0.356 e. The van der Waals surface area contributed by atoms with Gasteiger partial charge in [-0.2, -0.15) is 9.61 Å². The van der Waals surface area contributed by atoms with Gasteiger partial charge in [0.15, 0.2) is 11.3 Å². The van der Waals surface area contributed by atoms with Gasteiger partial charge in [-0.3, -0.25) is 0 Å². The second-order valence-electron chi connectivity index (χ2n) is 6.45. The molecule has 4 aromatic rings. The molecule has 0 saturated heterocycles. The molecule has 4 rings (SSSR count). The van der Waals surface area contributed by atoms with Crippen LogP contribution in [0.4, 0.5) is 5.82 Å². The third kappa shape index (κ3) is 3.54. The standard InChI is InChI=1S/C21H17ClN4O2/c1-25(13-14-5-3-2-4-6-14)20-12-17(15-7-9-16(22)10-8-15)23-19-11-18(21(27)28)24-26(19)20/h2-12H,13H2,1H3,(H,27,28). The summed E-state index contributed by atoms with van der Waals surface area (Å²) in [6.07, 6.45) is 0. The highest BCUT2D eigenvalue weighted by Crippen LogP contribution is 2.26. The van der Waals surface area contributed by atoms with Gasteiger partial charge in [-0.05, 0) is 17.7 Å². The van der Waals surface area contributed by atoms with Gasteiger partial charge in [0.1, 0.15) is 5.82 Å². The predicted molar refractivity (Wildman–Crippen MR) is 109 cm³/mol. The number of fused-ring (bicyclic) bond motifs is 1. The number of hydrogen-bond donors (Lipinski definition) is 1. The van der Waals surface area contributed by atoms with E-state index in [-0.39, 0.29) is 5.69 Å². The number of nitrogens with zero attached hydrogens (tertiary/aromatic N) is 4. The van der Waals surface area contributed by atoms with E-state index >= 15 is 0 Å². The Morgan fingerprint density at radius 3 is 2.50 bits per heavy atom. The van der Waals surface area contributed by atoms with Crippen LogP contribution in [-0.4, -0.2) is 32.7 Å². The van der Waals surface area contributed by atoms with E-state index in [1.165, 1.54) is 6.07 Å². The number of carboxylic acid groups (broad SMARTS) is 1. The lowest BCUT2D eigenvalue weighted by molar-refractivity contribution is 0.0690. The van der Waals surface area contributed by atoms with Gasteiger partial charge in [-0.1, -0.05) is 54.1 Å². The molecule has 0 saturated carbocycles. The quantitative estimate of drug-likeness (QED) is 0.545. The molecule has 2 aromatic heterocycles. The molecule has 7 heteroatoms. The second kappa shape index (κ2) is 7.32. The molecule has 0 atom stereocenters. The Morgan fingerprint density at radius 2 is 1.82 bits per heavy atom. The maximum absolute atomic E-state index is 11.4. The summed E-state index contributed by atoms with van der Waals surface area (Å²) in [5, 5.41) is 14.2. The summed E-state index contributed by atoms with van der Waals surface area (Å²) >= 11 is 6.00. The second-order valence-corrected chi connectivity index (χ2v) is 6.89. The van der Waals surface area contributed by atoms with E-state index in [9.17, 15) is 9.90 Å². The number of anilines is 1. The summed E-state index contributed by atoms with van der Waals surface area (Å²) < 4.78 is 1.56. The van der Waals surface area contributed by atoms with Crippen LogP contribution in [0, 0.1) is 0 Å². The van der Waals surface area contributed by atoms with Crippen LogP contribution in [0.3, 0.4) is 0 Å². The van der Waals surface area contributed by atoms with Crippen molar-refractivity contribution in [3.05, 3.63) is 83.0 Å². The molecule has 0 fully saturated rings. The highest BCUT2D eigenvalue weighted by atomic mass is 35.5. The SMILES string of the molecule is CN(Cc1ccccc1)c1cc(-c2ccc(Cl)cc2)nc2cc(C(=O)O)nn12. The first-order valence-electron chi connectivity index (χ1n) is 8.66. The highest BCUT2D eigenvalue weighted by Gasteiger charge is 2.17. The lowest BCUT2D eigenvalue weighted by Gasteiger charge is -2.21. The molecule has 0 aliphatic carbocycles. The summed E-state index contributed by atoms with van der Waals surface area (Å²) in [6.45, 7) is 0.641. The molecule has 1 N–H and O–H groups in total. The molecule has 0 aliphatic heterocycles. The lowest BCUT2D eigenvalue weighted by Crippen LogP contribution is -2.20. The minimum atomic E-state index is -1.09. The molecular formula is C21H17ClN4O2. The molecule has 0 bridgehead atoms. The Balaban J connectivity index is 1.84. The first-order chi connectivity index (χ1) is 13.5. The van der Waals surface area contributed by atoms with Crippen molar-refractivity contribution >= 4 is 29.0 Å². The minimum Gasteiger partial charge on any atom is -0.476 e. The summed E-state index contributed by atoms with van der Waals surface area (Å²) in [4.78, 5) is 18.0. The van der Waals surface area contributed by atoms with Crippen molar-refractivity contribution in [2.24, 2.45) is 0 Å². The van der Waals surface area contributed by atoms with Crippen LogP contribution in [0.25, 0.3) is 16.9 Å². The number of carboxylic acids is 1. The Bertz CT molecular complexity index is 1140. The van der Waals surface area contributed by atoms with E-state index < -0.39 is 5.97 Å². The van der Waals surface area contributed by atoms with Crippen LogP contribution >= 0.6 is 11.6 Å². The number of carbonyl (C=O) groups is 1. The van der Waals surface area contributed by atoms with Gasteiger partial charge in [0.05, 0.1) is 5.69 Å². The lowest BCUT2D eigenvalue weighted by atomic mass is 10.1. The van der Waals surface area contributed by atoms with Crippen molar-refractivity contribution in [2.45, 2.75) is 6.54 Å². The van der Waals surface area contributed by atoms with Crippen molar-refractivity contribution in [3.63, 3.8) is 0 Å². The topological polar surface area (TPSA) is 70.7 Å². The molecule has 0 radical (unpaired) electrons. The molecule has 2 aromatic carbocycles. The van der Waals surface area contributed by atoms with E-state index in [0.29, 0.717) is 17.2 Å². The molecule has 140 valence electrons. The van der Waals surface area contributed by atoms with E-state index in [1.54, 1.807) is 16.6 Å². The summed E-state index contributed by atoms with van der Waals surface area (Å²) in [5.74, 6) is -0.346. The van der Waals surface area contributed by atoms with Crippen LogP contribution in [0.15, 0.2) is 66.7 Å². The first-order valence-corrected chi connectivity index (χ1v) is 9.04. The minimum absolute atomic E-state index is 0.0462. The van der Waals surface area contributed by atoms with Crippen LogP contribution < -0.4 is 4.90 Å². The Hall–Kier alpha value is -3.38. The largest absolute Gasteiger partial charge is 0.476 e.